The number of para-hydroxylation sites is 1. The van der Waals surface area contributed by atoms with Gasteiger partial charge in [0, 0.05) is 36.5 Å². The van der Waals surface area contributed by atoms with Gasteiger partial charge in [0.25, 0.3) is 5.56 Å². The Balaban J connectivity index is 1.14. The van der Waals surface area contributed by atoms with Gasteiger partial charge in [-0.3, -0.25) is 9.59 Å². The second kappa shape index (κ2) is 8.95. The number of aromatic nitrogens is 6. The van der Waals surface area contributed by atoms with Gasteiger partial charge in [-0.15, -0.1) is 0 Å². The predicted molar refractivity (Wildman–Crippen MR) is 137 cm³/mol. The third-order valence-electron chi connectivity index (χ3n) is 5.91. The summed E-state index contributed by atoms with van der Waals surface area (Å²) < 4.78 is 3.59. The molecule has 0 bridgehead atoms. The summed E-state index contributed by atoms with van der Waals surface area (Å²) in [6.45, 7) is 0. The van der Waals surface area contributed by atoms with Crippen molar-refractivity contribution in [3.63, 3.8) is 0 Å². The molecule has 0 aliphatic heterocycles. The van der Waals surface area contributed by atoms with E-state index in [1.807, 2.05) is 89.6 Å². The lowest BCUT2D eigenvalue weighted by molar-refractivity contribution is -0.116. The highest BCUT2D eigenvalue weighted by Crippen LogP contribution is 2.21. The zero-order valence-electron chi connectivity index (χ0n) is 19.1. The van der Waals surface area contributed by atoms with Gasteiger partial charge in [0.05, 0.1) is 17.6 Å². The molecule has 0 fully saturated rings. The molecular weight excluding hydrogens is 454 g/mol. The molecule has 0 saturated carbocycles. The van der Waals surface area contributed by atoms with Crippen molar-refractivity contribution in [3.05, 3.63) is 108 Å². The fraction of sp³-hybridized carbons (Fsp3) is 0.0741. The fourth-order valence-electron chi connectivity index (χ4n) is 4.09. The maximum Gasteiger partial charge on any atom is 0.262 e. The van der Waals surface area contributed by atoms with E-state index in [0.29, 0.717) is 22.5 Å². The van der Waals surface area contributed by atoms with Crippen molar-refractivity contribution in [2.45, 2.75) is 12.8 Å². The van der Waals surface area contributed by atoms with Crippen molar-refractivity contribution >= 4 is 28.3 Å². The Morgan fingerprint density at radius 1 is 0.944 bits per heavy atom. The van der Waals surface area contributed by atoms with E-state index >= 15 is 0 Å². The van der Waals surface area contributed by atoms with Gasteiger partial charge in [-0.1, -0.05) is 36.4 Å². The van der Waals surface area contributed by atoms with Gasteiger partial charge in [0.15, 0.2) is 5.65 Å². The third-order valence-corrected chi connectivity index (χ3v) is 5.91. The number of benzene rings is 2. The lowest BCUT2D eigenvalue weighted by Gasteiger charge is -2.07. The lowest BCUT2D eigenvalue weighted by atomic mass is 10.1. The van der Waals surface area contributed by atoms with E-state index < -0.39 is 0 Å². The van der Waals surface area contributed by atoms with Gasteiger partial charge in [0.2, 0.25) is 5.91 Å². The van der Waals surface area contributed by atoms with Crippen LogP contribution in [0.3, 0.4) is 0 Å². The number of aromatic amines is 1. The first-order valence-electron chi connectivity index (χ1n) is 11.5. The first-order valence-corrected chi connectivity index (χ1v) is 11.5. The molecule has 0 unspecified atom stereocenters. The Hall–Kier alpha value is -5.05. The maximum absolute atomic E-state index is 12.6. The Morgan fingerprint density at radius 2 is 1.75 bits per heavy atom. The number of H-pyrrole nitrogens is 1. The van der Waals surface area contributed by atoms with Crippen LogP contribution in [0.15, 0.2) is 96.2 Å². The van der Waals surface area contributed by atoms with Crippen LogP contribution in [0.25, 0.3) is 33.6 Å². The second-order valence-corrected chi connectivity index (χ2v) is 8.36. The van der Waals surface area contributed by atoms with E-state index in [1.54, 1.807) is 4.68 Å². The molecule has 0 atom stereocenters. The Kier molecular flexibility index (Phi) is 5.34. The molecule has 4 heterocycles. The Bertz CT molecular complexity index is 1720. The number of hydrogen-bond acceptors (Lipinski definition) is 5. The molecule has 0 spiro atoms. The summed E-state index contributed by atoms with van der Waals surface area (Å²) in [6.07, 6.45) is 5.88. The molecule has 2 N–H and O–H groups in total. The molecule has 0 saturated heterocycles. The number of aryl methyl sites for hydroxylation is 1. The van der Waals surface area contributed by atoms with Gasteiger partial charge in [0.1, 0.15) is 16.9 Å². The number of imidazole rings is 1. The van der Waals surface area contributed by atoms with Crippen molar-refractivity contribution in [1.82, 2.24) is 29.1 Å². The number of carbonyl (C=O) groups excluding carboxylic acids is 1. The SMILES string of the molecule is O=C(CCc1nc2c(cnn2-c2ccccc2)c(=O)[nH]1)Nc1ccc(-c2cn3ccccc3n2)cc1. The number of fused-ring (bicyclic) bond motifs is 2. The number of anilines is 1. The van der Waals surface area contributed by atoms with Crippen LogP contribution in [-0.4, -0.2) is 35.0 Å². The molecule has 6 aromatic rings. The average Bonchev–Trinajstić information content (AvgIpc) is 3.53. The monoisotopic (exact) mass is 475 g/mol. The first-order chi connectivity index (χ1) is 17.6. The normalized spacial score (nSPS) is 11.2. The van der Waals surface area contributed by atoms with Crippen molar-refractivity contribution < 1.29 is 4.79 Å². The molecule has 6 rings (SSSR count). The number of nitrogens with one attached hydrogen (secondary N) is 2. The highest BCUT2D eigenvalue weighted by Gasteiger charge is 2.13. The minimum absolute atomic E-state index is 0.169. The molecular formula is C27H21N7O2. The minimum atomic E-state index is -0.278. The van der Waals surface area contributed by atoms with Crippen molar-refractivity contribution in [3.8, 4) is 16.9 Å². The van der Waals surface area contributed by atoms with Crippen LogP contribution < -0.4 is 10.9 Å². The molecule has 176 valence electrons. The first kappa shape index (κ1) is 21.5. The number of carbonyl (C=O) groups is 1. The minimum Gasteiger partial charge on any atom is -0.326 e. The van der Waals surface area contributed by atoms with Crippen molar-refractivity contribution in [2.24, 2.45) is 0 Å². The summed E-state index contributed by atoms with van der Waals surface area (Å²) in [4.78, 5) is 37.1. The summed E-state index contributed by atoms with van der Waals surface area (Å²) in [6, 6.07) is 22.9. The molecule has 9 heteroatoms. The van der Waals surface area contributed by atoms with E-state index in [9.17, 15) is 9.59 Å². The lowest BCUT2D eigenvalue weighted by Crippen LogP contribution is -2.16. The van der Waals surface area contributed by atoms with Crippen LogP contribution in [0.4, 0.5) is 5.69 Å². The fourth-order valence-corrected chi connectivity index (χ4v) is 4.09. The zero-order chi connectivity index (χ0) is 24.5. The molecule has 36 heavy (non-hydrogen) atoms. The van der Waals surface area contributed by atoms with E-state index in [1.165, 1.54) is 6.20 Å². The summed E-state index contributed by atoms with van der Waals surface area (Å²) >= 11 is 0. The van der Waals surface area contributed by atoms with Gasteiger partial charge in [-0.2, -0.15) is 5.10 Å². The summed E-state index contributed by atoms with van der Waals surface area (Å²) in [5.74, 6) is 0.261. The van der Waals surface area contributed by atoms with Crippen LogP contribution in [-0.2, 0) is 11.2 Å². The van der Waals surface area contributed by atoms with Crippen LogP contribution >= 0.6 is 0 Å². The molecule has 0 aliphatic carbocycles. The summed E-state index contributed by atoms with van der Waals surface area (Å²) in [7, 11) is 0. The van der Waals surface area contributed by atoms with Gasteiger partial charge in [-0.05, 0) is 36.4 Å². The highest BCUT2D eigenvalue weighted by atomic mass is 16.1. The van der Waals surface area contributed by atoms with Gasteiger partial charge < -0.3 is 14.7 Å². The van der Waals surface area contributed by atoms with Gasteiger partial charge >= 0.3 is 0 Å². The van der Waals surface area contributed by atoms with Crippen LogP contribution in [0.2, 0.25) is 0 Å². The predicted octanol–water partition coefficient (Wildman–Crippen LogP) is 3.99. The quantitative estimate of drug-likeness (QED) is 0.378. The molecule has 0 aliphatic rings. The Labute approximate surface area is 205 Å². The van der Waals surface area contributed by atoms with Crippen molar-refractivity contribution in [2.75, 3.05) is 5.32 Å². The summed E-state index contributed by atoms with van der Waals surface area (Å²) in [5.41, 5.74) is 4.37. The molecule has 9 nitrogen and oxygen atoms in total. The van der Waals surface area contributed by atoms with E-state index in [-0.39, 0.29) is 24.3 Å². The number of rotatable bonds is 6. The van der Waals surface area contributed by atoms with Gasteiger partial charge in [-0.25, -0.2) is 14.6 Å². The Morgan fingerprint density at radius 3 is 2.56 bits per heavy atom. The standard InChI is InChI=1S/C27H21N7O2/c35-25(29-19-11-9-18(10-12-19)22-17-33-15-5-4-8-24(33)30-22)14-13-23-31-26-21(27(36)32-23)16-28-34(26)20-6-2-1-3-7-20/h1-12,15-17H,13-14H2,(H,29,35)(H,31,32,36). The molecule has 4 aromatic heterocycles. The number of hydrogen-bond donors (Lipinski definition) is 2. The third kappa shape index (κ3) is 4.14. The molecule has 2 aromatic carbocycles. The molecule has 0 radical (unpaired) electrons. The topological polar surface area (TPSA) is 110 Å². The average molecular weight is 476 g/mol. The van der Waals surface area contributed by atoms with Crippen LogP contribution in [0.1, 0.15) is 12.2 Å². The number of amides is 1. The van der Waals surface area contributed by atoms with Crippen LogP contribution in [0.5, 0.6) is 0 Å². The smallest absolute Gasteiger partial charge is 0.262 e. The van der Waals surface area contributed by atoms with Crippen molar-refractivity contribution in [1.29, 1.82) is 0 Å². The largest absolute Gasteiger partial charge is 0.326 e. The second-order valence-electron chi connectivity index (χ2n) is 8.36. The highest BCUT2D eigenvalue weighted by molar-refractivity contribution is 5.91. The number of pyridine rings is 1. The molecule has 1 amide bonds. The van der Waals surface area contributed by atoms with E-state index in [0.717, 1.165) is 22.6 Å². The maximum atomic E-state index is 12.6. The van der Waals surface area contributed by atoms with Crippen LogP contribution in [0, 0.1) is 0 Å². The van der Waals surface area contributed by atoms with E-state index in [4.69, 9.17) is 0 Å². The van der Waals surface area contributed by atoms with E-state index in [2.05, 4.69) is 25.4 Å². The summed E-state index contributed by atoms with van der Waals surface area (Å²) in [5, 5.41) is 7.61. The number of nitrogens with zero attached hydrogens (tertiary/aromatic N) is 5. The zero-order valence-corrected chi connectivity index (χ0v) is 19.1.